The molecular formula is C17H21N3O4. The average Bonchev–Trinajstić information content (AvgIpc) is 3.04. The van der Waals surface area contributed by atoms with Crippen LogP contribution in [0.3, 0.4) is 0 Å². The number of ether oxygens (including phenoxy) is 1. The fourth-order valence-corrected chi connectivity index (χ4v) is 2.02. The molecule has 0 saturated heterocycles. The van der Waals surface area contributed by atoms with Crippen molar-refractivity contribution in [3.63, 3.8) is 0 Å². The first kappa shape index (κ1) is 17.5. The zero-order valence-corrected chi connectivity index (χ0v) is 14.1. The molecule has 2 N–H and O–H groups in total. The average molecular weight is 331 g/mol. The number of methoxy groups -OCH3 is 1. The Bertz CT molecular complexity index is 707. The van der Waals surface area contributed by atoms with Gasteiger partial charge in [-0.2, -0.15) is 0 Å². The number of nitrogens with zero attached hydrogens (tertiary/aromatic N) is 1. The molecule has 0 unspecified atom stereocenters. The molecule has 1 aromatic heterocycles. The predicted octanol–water partition coefficient (Wildman–Crippen LogP) is 1.99. The lowest BCUT2D eigenvalue weighted by Crippen LogP contribution is -2.46. The van der Waals surface area contributed by atoms with E-state index in [9.17, 15) is 9.59 Å². The summed E-state index contributed by atoms with van der Waals surface area (Å²) < 4.78 is 10.3. The van der Waals surface area contributed by atoms with Crippen LogP contribution in [0.15, 0.2) is 34.9 Å². The molecule has 7 heteroatoms. The van der Waals surface area contributed by atoms with Gasteiger partial charge in [0, 0.05) is 17.7 Å². The van der Waals surface area contributed by atoms with Gasteiger partial charge in [0.1, 0.15) is 11.8 Å². The van der Waals surface area contributed by atoms with Gasteiger partial charge in [0.15, 0.2) is 11.5 Å². The van der Waals surface area contributed by atoms with Gasteiger partial charge < -0.3 is 19.9 Å². The molecule has 128 valence electrons. The Morgan fingerprint density at radius 1 is 1.12 bits per heavy atom. The molecule has 2 amide bonds. The topological polar surface area (TPSA) is 93.5 Å². The van der Waals surface area contributed by atoms with Crippen molar-refractivity contribution < 1.29 is 18.8 Å². The molecular weight excluding hydrogens is 310 g/mol. The van der Waals surface area contributed by atoms with Crippen LogP contribution in [0.5, 0.6) is 5.75 Å². The second kappa shape index (κ2) is 7.63. The van der Waals surface area contributed by atoms with Gasteiger partial charge in [-0.1, -0.05) is 5.16 Å². The summed E-state index contributed by atoms with van der Waals surface area (Å²) in [5.41, 5.74) is 0.887. The Morgan fingerprint density at radius 2 is 1.79 bits per heavy atom. The van der Waals surface area contributed by atoms with Gasteiger partial charge in [0.05, 0.1) is 7.11 Å². The van der Waals surface area contributed by atoms with Gasteiger partial charge in [-0.15, -0.1) is 0 Å². The van der Waals surface area contributed by atoms with Crippen molar-refractivity contribution in [3.8, 4) is 17.1 Å². The SMILES string of the molecule is COc1ccc(-c2cc(C(=O)N[C@@H](C)C(=O)NC(C)C)no2)cc1. The van der Waals surface area contributed by atoms with Crippen molar-refractivity contribution in [1.29, 1.82) is 0 Å². The van der Waals surface area contributed by atoms with Crippen LogP contribution in [0, 0.1) is 0 Å². The summed E-state index contributed by atoms with van der Waals surface area (Å²) in [5.74, 6) is 0.463. The molecule has 0 aliphatic carbocycles. The van der Waals surface area contributed by atoms with Crippen LogP contribution in [0.2, 0.25) is 0 Å². The maximum absolute atomic E-state index is 12.2. The van der Waals surface area contributed by atoms with Crippen LogP contribution >= 0.6 is 0 Å². The third-order valence-corrected chi connectivity index (χ3v) is 3.29. The molecule has 1 aromatic carbocycles. The number of hydrogen-bond donors (Lipinski definition) is 2. The predicted molar refractivity (Wildman–Crippen MR) is 88.7 cm³/mol. The molecule has 7 nitrogen and oxygen atoms in total. The van der Waals surface area contributed by atoms with E-state index in [0.717, 1.165) is 11.3 Å². The summed E-state index contributed by atoms with van der Waals surface area (Å²) in [5, 5.41) is 9.08. The second-order valence-corrected chi connectivity index (χ2v) is 5.66. The van der Waals surface area contributed by atoms with E-state index in [1.807, 2.05) is 13.8 Å². The van der Waals surface area contributed by atoms with Gasteiger partial charge in [-0.05, 0) is 45.0 Å². The molecule has 0 aliphatic rings. The van der Waals surface area contributed by atoms with E-state index < -0.39 is 11.9 Å². The highest BCUT2D eigenvalue weighted by atomic mass is 16.5. The number of carbonyl (C=O) groups excluding carboxylic acids is 2. The Balaban J connectivity index is 2.03. The number of aromatic nitrogens is 1. The molecule has 1 heterocycles. The highest BCUT2D eigenvalue weighted by Gasteiger charge is 2.20. The minimum absolute atomic E-state index is 0.00516. The fraction of sp³-hybridized carbons (Fsp3) is 0.353. The Labute approximate surface area is 140 Å². The lowest BCUT2D eigenvalue weighted by atomic mass is 10.1. The van der Waals surface area contributed by atoms with E-state index in [1.54, 1.807) is 38.3 Å². The third-order valence-electron chi connectivity index (χ3n) is 3.29. The van der Waals surface area contributed by atoms with Gasteiger partial charge in [-0.25, -0.2) is 0 Å². The van der Waals surface area contributed by atoms with Crippen molar-refractivity contribution in [1.82, 2.24) is 15.8 Å². The minimum atomic E-state index is -0.666. The first-order valence-electron chi connectivity index (χ1n) is 7.63. The number of hydrogen-bond acceptors (Lipinski definition) is 5. The third kappa shape index (κ3) is 4.34. The fourth-order valence-electron chi connectivity index (χ4n) is 2.02. The number of nitrogens with one attached hydrogen (secondary N) is 2. The Hall–Kier alpha value is -2.83. The summed E-state index contributed by atoms with van der Waals surface area (Å²) in [4.78, 5) is 24.0. The van der Waals surface area contributed by atoms with E-state index in [4.69, 9.17) is 9.26 Å². The standard InChI is InChI=1S/C17H21N3O4/c1-10(2)18-16(21)11(3)19-17(22)14-9-15(24-20-14)12-5-7-13(23-4)8-6-12/h5-11H,1-4H3,(H,18,21)(H,19,22)/t11-/m0/s1. The molecule has 0 radical (unpaired) electrons. The van der Waals surface area contributed by atoms with Gasteiger partial charge in [0.2, 0.25) is 5.91 Å². The molecule has 0 aliphatic heterocycles. The molecule has 1 atom stereocenters. The van der Waals surface area contributed by atoms with Crippen molar-refractivity contribution in [2.75, 3.05) is 7.11 Å². The zero-order valence-electron chi connectivity index (χ0n) is 14.1. The first-order valence-corrected chi connectivity index (χ1v) is 7.63. The highest BCUT2D eigenvalue weighted by Crippen LogP contribution is 2.23. The largest absolute Gasteiger partial charge is 0.497 e. The van der Waals surface area contributed by atoms with Crippen LogP contribution < -0.4 is 15.4 Å². The van der Waals surface area contributed by atoms with Gasteiger partial charge >= 0.3 is 0 Å². The quantitative estimate of drug-likeness (QED) is 0.844. The number of amides is 2. The molecule has 24 heavy (non-hydrogen) atoms. The van der Waals surface area contributed by atoms with Gasteiger partial charge in [0.25, 0.3) is 5.91 Å². The normalized spacial score (nSPS) is 11.9. The smallest absolute Gasteiger partial charge is 0.274 e. The van der Waals surface area contributed by atoms with Crippen LogP contribution in [0.25, 0.3) is 11.3 Å². The second-order valence-electron chi connectivity index (χ2n) is 5.66. The molecule has 2 aromatic rings. The van der Waals surface area contributed by atoms with E-state index in [-0.39, 0.29) is 17.6 Å². The van der Waals surface area contributed by atoms with E-state index in [1.165, 1.54) is 6.07 Å². The summed E-state index contributed by atoms with van der Waals surface area (Å²) in [6.45, 7) is 5.32. The first-order chi connectivity index (χ1) is 11.4. The maximum Gasteiger partial charge on any atom is 0.274 e. The maximum atomic E-state index is 12.2. The van der Waals surface area contributed by atoms with Crippen molar-refractivity contribution in [2.24, 2.45) is 0 Å². The van der Waals surface area contributed by atoms with Crippen LogP contribution in [-0.2, 0) is 4.79 Å². The van der Waals surface area contributed by atoms with Crippen molar-refractivity contribution >= 4 is 11.8 Å². The molecule has 0 bridgehead atoms. The van der Waals surface area contributed by atoms with Gasteiger partial charge in [-0.3, -0.25) is 9.59 Å². The lowest BCUT2D eigenvalue weighted by Gasteiger charge is -2.15. The number of benzene rings is 1. The summed E-state index contributed by atoms with van der Waals surface area (Å²) in [6.07, 6.45) is 0. The Morgan fingerprint density at radius 3 is 2.38 bits per heavy atom. The van der Waals surface area contributed by atoms with Crippen molar-refractivity contribution in [3.05, 3.63) is 36.0 Å². The monoisotopic (exact) mass is 331 g/mol. The molecule has 2 rings (SSSR count). The molecule has 0 saturated carbocycles. The summed E-state index contributed by atoms with van der Waals surface area (Å²) >= 11 is 0. The zero-order chi connectivity index (χ0) is 17.7. The van der Waals surface area contributed by atoms with Crippen LogP contribution in [-0.4, -0.2) is 36.2 Å². The summed E-state index contributed by atoms with van der Waals surface area (Å²) in [7, 11) is 1.59. The molecule has 0 fully saturated rings. The van der Waals surface area contributed by atoms with Crippen molar-refractivity contribution in [2.45, 2.75) is 32.9 Å². The van der Waals surface area contributed by atoms with E-state index in [2.05, 4.69) is 15.8 Å². The lowest BCUT2D eigenvalue weighted by molar-refractivity contribution is -0.123. The van der Waals surface area contributed by atoms with Crippen LogP contribution in [0.1, 0.15) is 31.3 Å². The van der Waals surface area contributed by atoms with E-state index in [0.29, 0.717) is 5.76 Å². The van der Waals surface area contributed by atoms with Crippen LogP contribution in [0.4, 0.5) is 0 Å². The van der Waals surface area contributed by atoms with E-state index >= 15 is 0 Å². The minimum Gasteiger partial charge on any atom is -0.497 e. The Kier molecular flexibility index (Phi) is 5.57. The summed E-state index contributed by atoms with van der Waals surface area (Å²) in [6, 6.07) is 8.06. The number of rotatable bonds is 6. The number of carbonyl (C=O) groups is 2. The highest BCUT2D eigenvalue weighted by molar-refractivity contribution is 5.96. The molecule has 0 spiro atoms.